The number of hydrogen-bond donors (Lipinski definition) is 0. The minimum Gasteiger partial charge on any atom is -0.411 e. The van der Waals surface area contributed by atoms with E-state index in [1.54, 1.807) is 19.1 Å². The van der Waals surface area contributed by atoms with E-state index in [1.807, 2.05) is 0 Å². The molecule has 0 aliphatic heterocycles. The van der Waals surface area contributed by atoms with Crippen molar-refractivity contribution < 1.29 is 18.0 Å². The zero-order valence-electron chi connectivity index (χ0n) is 12.6. The first-order valence-electron chi connectivity index (χ1n) is 7.09. The molecule has 1 heterocycles. The molecule has 1 atom stereocenters. The second-order valence-electron chi connectivity index (χ2n) is 4.98. The van der Waals surface area contributed by atoms with E-state index in [0.717, 1.165) is 11.8 Å². The van der Waals surface area contributed by atoms with Gasteiger partial charge in [0, 0.05) is 5.56 Å². The Morgan fingerprint density at radius 1 is 1.08 bits per heavy atom. The number of halogens is 2. The molecule has 1 aromatic heterocycles. The minimum absolute atomic E-state index is 0.0528. The smallest absolute Gasteiger partial charge is 0.277 e. The summed E-state index contributed by atoms with van der Waals surface area (Å²) in [5, 5.41) is 7.29. The fourth-order valence-corrected chi connectivity index (χ4v) is 2.82. The molecule has 0 spiro atoms. The minimum atomic E-state index is -0.510. The quantitative estimate of drug-likeness (QED) is 0.507. The Kier molecular flexibility index (Phi) is 4.71. The van der Waals surface area contributed by atoms with E-state index in [9.17, 15) is 13.6 Å². The molecule has 0 amide bonds. The zero-order chi connectivity index (χ0) is 17.1. The van der Waals surface area contributed by atoms with E-state index < -0.39 is 16.9 Å². The summed E-state index contributed by atoms with van der Waals surface area (Å²) in [5.41, 5.74) is 0.597. The van der Waals surface area contributed by atoms with Crippen LogP contribution in [0.4, 0.5) is 8.78 Å². The van der Waals surface area contributed by atoms with Crippen LogP contribution in [0.3, 0.4) is 0 Å². The number of carbonyl (C=O) groups is 1. The Morgan fingerprint density at radius 3 is 2.50 bits per heavy atom. The molecule has 122 valence electrons. The first kappa shape index (κ1) is 16.3. The van der Waals surface area contributed by atoms with E-state index in [4.69, 9.17) is 4.42 Å². The normalized spacial score (nSPS) is 12.1. The molecule has 7 heteroatoms. The van der Waals surface area contributed by atoms with Crippen molar-refractivity contribution in [2.45, 2.75) is 17.4 Å². The third-order valence-corrected chi connectivity index (χ3v) is 4.22. The Bertz CT molecular complexity index is 865. The highest BCUT2D eigenvalue weighted by atomic mass is 32.2. The Balaban J connectivity index is 1.73. The van der Waals surface area contributed by atoms with E-state index >= 15 is 0 Å². The Labute approximate surface area is 140 Å². The molecule has 0 aliphatic rings. The van der Waals surface area contributed by atoms with Gasteiger partial charge < -0.3 is 4.42 Å². The second-order valence-corrected chi connectivity index (χ2v) is 6.28. The lowest BCUT2D eigenvalue weighted by molar-refractivity contribution is 0.0993. The number of thioether (sulfide) groups is 1. The number of nitrogens with zero attached hydrogens (tertiary/aromatic N) is 2. The summed E-state index contributed by atoms with van der Waals surface area (Å²) in [5.74, 6) is -1.01. The number of carbonyl (C=O) groups excluding carboxylic acids is 1. The van der Waals surface area contributed by atoms with Gasteiger partial charge in [-0.25, -0.2) is 8.78 Å². The van der Waals surface area contributed by atoms with E-state index in [0.29, 0.717) is 5.56 Å². The highest BCUT2D eigenvalue weighted by Gasteiger charge is 2.20. The molecule has 4 nitrogen and oxygen atoms in total. The molecule has 3 aromatic rings. The van der Waals surface area contributed by atoms with Crippen molar-refractivity contribution >= 4 is 17.5 Å². The number of rotatable bonds is 5. The summed E-state index contributed by atoms with van der Waals surface area (Å²) in [7, 11) is 0. The SMILES string of the molecule is CC(Sc1nnc(-c2ccccc2F)o1)C(=O)c1ccc(F)cc1. The zero-order valence-corrected chi connectivity index (χ0v) is 13.4. The highest BCUT2D eigenvalue weighted by molar-refractivity contribution is 8.00. The van der Waals surface area contributed by atoms with Crippen molar-refractivity contribution in [2.75, 3.05) is 0 Å². The number of hydrogen-bond acceptors (Lipinski definition) is 5. The number of ketones is 1. The van der Waals surface area contributed by atoms with Gasteiger partial charge in [-0.2, -0.15) is 0 Å². The van der Waals surface area contributed by atoms with Crippen LogP contribution < -0.4 is 0 Å². The summed E-state index contributed by atoms with van der Waals surface area (Å²) in [4.78, 5) is 12.3. The lowest BCUT2D eigenvalue weighted by Crippen LogP contribution is -2.13. The van der Waals surface area contributed by atoms with Crippen molar-refractivity contribution in [1.29, 1.82) is 0 Å². The second kappa shape index (κ2) is 6.92. The predicted molar refractivity (Wildman–Crippen MR) is 85.7 cm³/mol. The maximum absolute atomic E-state index is 13.7. The van der Waals surface area contributed by atoms with Crippen LogP contribution in [0.2, 0.25) is 0 Å². The van der Waals surface area contributed by atoms with Crippen molar-refractivity contribution in [3.63, 3.8) is 0 Å². The molecule has 0 aliphatic carbocycles. The van der Waals surface area contributed by atoms with E-state index in [-0.39, 0.29) is 22.5 Å². The molecular formula is C17H12F2N2O2S. The van der Waals surface area contributed by atoms with Crippen LogP contribution in [0.15, 0.2) is 58.2 Å². The van der Waals surface area contributed by atoms with Crippen molar-refractivity contribution in [1.82, 2.24) is 10.2 Å². The van der Waals surface area contributed by atoms with Gasteiger partial charge in [0.1, 0.15) is 11.6 Å². The van der Waals surface area contributed by atoms with Crippen LogP contribution in [-0.2, 0) is 0 Å². The first-order chi connectivity index (χ1) is 11.5. The topological polar surface area (TPSA) is 56.0 Å². The van der Waals surface area contributed by atoms with Crippen molar-refractivity contribution in [3.05, 3.63) is 65.7 Å². The van der Waals surface area contributed by atoms with Crippen molar-refractivity contribution in [2.24, 2.45) is 0 Å². The van der Waals surface area contributed by atoms with Gasteiger partial charge >= 0.3 is 0 Å². The number of Topliss-reactive ketones (excluding diaryl/α,β-unsaturated/α-hetero) is 1. The molecule has 0 radical (unpaired) electrons. The van der Waals surface area contributed by atoms with Crippen LogP contribution in [0.1, 0.15) is 17.3 Å². The average molecular weight is 346 g/mol. The molecule has 0 bridgehead atoms. The molecule has 0 saturated carbocycles. The molecule has 2 aromatic carbocycles. The molecule has 1 unspecified atom stereocenters. The third kappa shape index (κ3) is 3.51. The largest absolute Gasteiger partial charge is 0.411 e. The molecule has 0 fully saturated rings. The lowest BCUT2D eigenvalue weighted by Gasteiger charge is -2.07. The predicted octanol–water partition coefficient (Wildman–Crippen LogP) is 4.38. The fraction of sp³-hybridized carbons (Fsp3) is 0.118. The molecule has 3 rings (SSSR count). The van der Waals surface area contributed by atoms with Gasteiger partial charge in [0.2, 0.25) is 0 Å². The van der Waals surface area contributed by atoms with Gasteiger partial charge in [0.05, 0.1) is 10.8 Å². The van der Waals surface area contributed by atoms with Crippen LogP contribution >= 0.6 is 11.8 Å². The van der Waals surface area contributed by atoms with Gasteiger partial charge in [-0.1, -0.05) is 23.9 Å². The van der Waals surface area contributed by atoms with Gasteiger partial charge in [0.15, 0.2) is 5.78 Å². The average Bonchev–Trinajstić information content (AvgIpc) is 3.03. The van der Waals surface area contributed by atoms with Crippen LogP contribution in [0.5, 0.6) is 0 Å². The highest BCUT2D eigenvalue weighted by Crippen LogP contribution is 2.28. The first-order valence-corrected chi connectivity index (χ1v) is 7.97. The summed E-state index contributed by atoms with van der Waals surface area (Å²) in [6.07, 6.45) is 0. The molecular weight excluding hydrogens is 334 g/mol. The Hall–Kier alpha value is -2.54. The van der Waals surface area contributed by atoms with E-state index in [1.165, 1.54) is 36.4 Å². The van der Waals surface area contributed by atoms with Gasteiger partial charge in [-0.3, -0.25) is 4.79 Å². The number of aromatic nitrogens is 2. The summed E-state index contributed by atoms with van der Waals surface area (Å²) >= 11 is 1.07. The Morgan fingerprint density at radius 2 is 1.79 bits per heavy atom. The van der Waals surface area contributed by atoms with Crippen molar-refractivity contribution in [3.8, 4) is 11.5 Å². The van der Waals surface area contributed by atoms with Crippen LogP contribution in [0.25, 0.3) is 11.5 Å². The lowest BCUT2D eigenvalue weighted by atomic mass is 10.1. The summed E-state index contributed by atoms with van der Waals surface area (Å²) in [6.45, 7) is 1.68. The van der Waals surface area contributed by atoms with Crippen LogP contribution in [0, 0.1) is 11.6 Å². The fourth-order valence-electron chi connectivity index (χ4n) is 2.05. The third-order valence-electron chi connectivity index (χ3n) is 3.29. The maximum Gasteiger partial charge on any atom is 0.277 e. The molecule has 24 heavy (non-hydrogen) atoms. The molecule has 0 saturated heterocycles. The maximum atomic E-state index is 13.7. The summed E-state index contributed by atoms with van der Waals surface area (Å²) < 4.78 is 32.0. The van der Waals surface area contributed by atoms with Gasteiger partial charge in [0.25, 0.3) is 11.1 Å². The van der Waals surface area contributed by atoms with Gasteiger partial charge in [-0.05, 0) is 43.3 Å². The van der Waals surface area contributed by atoms with E-state index in [2.05, 4.69) is 10.2 Å². The standard InChI is InChI=1S/C17H12F2N2O2S/c1-10(15(22)11-6-8-12(18)9-7-11)24-17-21-20-16(23-17)13-4-2-3-5-14(13)19/h2-10H,1H3. The monoisotopic (exact) mass is 346 g/mol. The molecule has 0 N–H and O–H groups in total. The summed E-state index contributed by atoms with van der Waals surface area (Å²) in [6, 6.07) is 11.4. The number of benzene rings is 2. The van der Waals surface area contributed by atoms with Gasteiger partial charge in [-0.15, -0.1) is 10.2 Å². The van der Waals surface area contributed by atoms with Crippen LogP contribution in [-0.4, -0.2) is 21.2 Å².